The standard InChI is InChI=1S/C22H23N7O2/c1-2-5-16(6-3-1)14-24-20-26-21(28-22(27-20)29-8-11-30-12-9-29)25-19-13-17(15-23-19)18-7-4-10-31-18/h1-7,10,13H,8-9,11-12,14-15H2,(H2,23,24,25,26,27,28). The molecule has 1 saturated heterocycles. The second-order valence-corrected chi connectivity index (χ2v) is 7.19. The molecule has 0 bridgehead atoms. The molecule has 2 N–H and O–H groups in total. The summed E-state index contributed by atoms with van der Waals surface area (Å²) in [6, 6.07) is 13.9. The van der Waals surface area contributed by atoms with E-state index in [0.29, 0.717) is 50.0 Å². The van der Waals surface area contributed by atoms with Crippen molar-refractivity contribution in [2.24, 2.45) is 4.99 Å². The highest BCUT2D eigenvalue weighted by atomic mass is 16.5. The Hall–Kier alpha value is -3.72. The molecule has 9 nitrogen and oxygen atoms in total. The summed E-state index contributed by atoms with van der Waals surface area (Å²) in [7, 11) is 0. The fourth-order valence-corrected chi connectivity index (χ4v) is 3.41. The minimum Gasteiger partial charge on any atom is -0.465 e. The molecule has 0 aliphatic carbocycles. The molecular weight excluding hydrogens is 394 g/mol. The molecule has 2 aromatic heterocycles. The van der Waals surface area contributed by atoms with Crippen LogP contribution in [0.1, 0.15) is 11.3 Å². The molecule has 0 unspecified atom stereocenters. The number of ether oxygens (including phenoxy) is 1. The van der Waals surface area contributed by atoms with Crippen LogP contribution in [-0.4, -0.2) is 53.6 Å². The fourth-order valence-electron chi connectivity index (χ4n) is 3.41. The maximum atomic E-state index is 5.47. The van der Waals surface area contributed by atoms with E-state index < -0.39 is 0 Å². The lowest BCUT2D eigenvalue weighted by molar-refractivity contribution is 0.122. The van der Waals surface area contributed by atoms with Crippen LogP contribution in [0, 0.1) is 0 Å². The molecule has 158 valence electrons. The number of aromatic nitrogens is 3. The van der Waals surface area contributed by atoms with Gasteiger partial charge in [-0.2, -0.15) is 15.0 Å². The van der Waals surface area contributed by atoms with Gasteiger partial charge in [0, 0.05) is 25.2 Å². The number of amidine groups is 1. The number of hydrogen-bond acceptors (Lipinski definition) is 9. The molecule has 0 amide bonds. The van der Waals surface area contributed by atoms with E-state index in [9.17, 15) is 0 Å². The molecule has 9 heteroatoms. The lowest BCUT2D eigenvalue weighted by Crippen LogP contribution is -2.37. The van der Waals surface area contributed by atoms with Crippen LogP contribution in [0.4, 0.5) is 17.8 Å². The SMILES string of the molecule is C1=C(c2ccco2)CN=C1Nc1nc(NCc2ccccc2)nc(N2CCOCC2)n1. The van der Waals surface area contributed by atoms with Crippen LogP contribution in [0.25, 0.3) is 5.57 Å². The summed E-state index contributed by atoms with van der Waals surface area (Å²) in [5.74, 6) is 3.08. The van der Waals surface area contributed by atoms with Gasteiger partial charge in [-0.1, -0.05) is 30.3 Å². The van der Waals surface area contributed by atoms with Gasteiger partial charge in [-0.3, -0.25) is 4.99 Å². The molecule has 3 aromatic rings. The quantitative estimate of drug-likeness (QED) is 0.632. The minimum absolute atomic E-state index is 0.447. The number of hydrogen-bond donors (Lipinski definition) is 2. The molecule has 5 rings (SSSR count). The molecule has 2 aliphatic heterocycles. The third-order valence-corrected chi connectivity index (χ3v) is 5.02. The highest BCUT2D eigenvalue weighted by Gasteiger charge is 2.18. The highest BCUT2D eigenvalue weighted by molar-refractivity contribution is 6.09. The molecule has 2 aliphatic rings. The van der Waals surface area contributed by atoms with Crippen LogP contribution in [0.5, 0.6) is 0 Å². The van der Waals surface area contributed by atoms with Gasteiger partial charge in [-0.25, -0.2) is 0 Å². The van der Waals surface area contributed by atoms with E-state index in [0.717, 1.165) is 30.0 Å². The number of benzene rings is 1. The molecule has 0 radical (unpaired) electrons. The number of aliphatic imine (C=N–C) groups is 1. The van der Waals surface area contributed by atoms with Gasteiger partial charge in [-0.15, -0.1) is 0 Å². The van der Waals surface area contributed by atoms with Crippen LogP contribution in [0.2, 0.25) is 0 Å². The van der Waals surface area contributed by atoms with E-state index in [-0.39, 0.29) is 0 Å². The van der Waals surface area contributed by atoms with Crippen LogP contribution < -0.4 is 15.5 Å². The highest BCUT2D eigenvalue weighted by Crippen LogP contribution is 2.21. The largest absolute Gasteiger partial charge is 0.465 e. The summed E-state index contributed by atoms with van der Waals surface area (Å²) in [5, 5.41) is 6.53. The van der Waals surface area contributed by atoms with E-state index >= 15 is 0 Å². The minimum atomic E-state index is 0.447. The number of nitrogens with one attached hydrogen (secondary N) is 2. The zero-order chi connectivity index (χ0) is 20.9. The Bertz CT molecular complexity index is 1070. The maximum Gasteiger partial charge on any atom is 0.234 e. The second kappa shape index (κ2) is 8.97. The zero-order valence-electron chi connectivity index (χ0n) is 17.0. The Morgan fingerprint density at radius 3 is 2.58 bits per heavy atom. The molecule has 0 saturated carbocycles. The van der Waals surface area contributed by atoms with Gasteiger partial charge in [0.15, 0.2) is 0 Å². The first-order chi connectivity index (χ1) is 15.3. The molecule has 0 atom stereocenters. The first kappa shape index (κ1) is 19.3. The Balaban J connectivity index is 1.36. The van der Waals surface area contributed by atoms with Crippen molar-refractivity contribution in [1.82, 2.24) is 15.0 Å². The normalized spacial score (nSPS) is 16.1. The first-order valence-corrected chi connectivity index (χ1v) is 10.3. The third-order valence-electron chi connectivity index (χ3n) is 5.02. The van der Waals surface area contributed by atoms with Crippen LogP contribution >= 0.6 is 0 Å². The molecular formula is C22H23N7O2. The van der Waals surface area contributed by atoms with Crippen molar-refractivity contribution < 1.29 is 9.15 Å². The Morgan fingerprint density at radius 1 is 0.935 bits per heavy atom. The van der Waals surface area contributed by atoms with Crippen molar-refractivity contribution in [2.45, 2.75) is 6.54 Å². The average Bonchev–Trinajstić information content (AvgIpc) is 3.51. The Morgan fingerprint density at radius 2 is 1.77 bits per heavy atom. The smallest absolute Gasteiger partial charge is 0.234 e. The van der Waals surface area contributed by atoms with Gasteiger partial charge >= 0.3 is 0 Å². The lowest BCUT2D eigenvalue weighted by Gasteiger charge is -2.27. The van der Waals surface area contributed by atoms with E-state index in [1.807, 2.05) is 36.4 Å². The second-order valence-electron chi connectivity index (χ2n) is 7.19. The number of nitrogens with zero attached hydrogens (tertiary/aromatic N) is 5. The Kier molecular flexibility index (Phi) is 5.57. The van der Waals surface area contributed by atoms with Crippen molar-refractivity contribution in [3.05, 3.63) is 66.1 Å². The van der Waals surface area contributed by atoms with Crippen LogP contribution in [-0.2, 0) is 11.3 Å². The topological polar surface area (TPSA) is 101 Å². The molecule has 0 spiro atoms. The van der Waals surface area contributed by atoms with Gasteiger partial charge in [-0.05, 0) is 23.8 Å². The number of furan rings is 1. The summed E-state index contributed by atoms with van der Waals surface area (Å²) < 4.78 is 10.9. The molecule has 1 aromatic carbocycles. The molecule has 4 heterocycles. The van der Waals surface area contributed by atoms with Gasteiger partial charge in [0.05, 0.1) is 26.0 Å². The third kappa shape index (κ3) is 4.72. The van der Waals surface area contributed by atoms with Gasteiger partial charge in [0.2, 0.25) is 17.8 Å². The average molecular weight is 417 g/mol. The van der Waals surface area contributed by atoms with E-state index in [4.69, 9.17) is 9.15 Å². The van der Waals surface area contributed by atoms with Crippen LogP contribution in [0.3, 0.4) is 0 Å². The summed E-state index contributed by atoms with van der Waals surface area (Å²) in [6.07, 6.45) is 3.61. The van der Waals surface area contributed by atoms with Crippen molar-refractivity contribution in [3.8, 4) is 0 Å². The lowest BCUT2D eigenvalue weighted by atomic mass is 10.2. The summed E-state index contributed by atoms with van der Waals surface area (Å²) >= 11 is 0. The van der Waals surface area contributed by atoms with E-state index in [2.05, 4.69) is 47.6 Å². The number of anilines is 3. The Labute approximate surface area is 179 Å². The van der Waals surface area contributed by atoms with Crippen molar-refractivity contribution in [3.63, 3.8) is 0 Å². The predicted molar refractivity (Wildman–Crippen MR) is 119 cm³/mol. The van der Waals surface area contributed by atoms with E-state index in [1.54, 1.807) is 6.26 Å². The van der Waals surface area contributed by atoms with Crippen molar-refractivity contribution in [1.29, 1.82) is 0 Å². The number of rotatable bonds is 6. The summed E-state index contributed by atoms with van der Waals surface area (Å²) in [6.45, 7) is 3.97. The van der Waals surface area contributed by atoms with Crippen molar-refractivity contribution >= 4 is 29.3 Å². The van der Waals surface area contributed by atoms with Gasteiger partial charge < -0.3 is 24.7 Å². The molecule has 1 fully saturated rings. The zero-order valence-corrected chi connectivity index (χ0v) is 17.0. The van der Waals surface area contributed by atoms with Crippen molar-refractivity contribution in [2.75, 3.05) is 48.4 Å². The predicted octanol–water partition coefficient (Wildman–Crippen LogP) is 2.82. The summed E-state index contributed by atoms with van der Waals surface area (Å²) in [5.41, 5.74) is 2.16. The first-order valence-electron chi connectivity index (χ1n) is 10.3. The van der Waals surface area contributed by atoms with E-state index in [1.165, 1.54) is 0 Å². The fraction of sp³-hybridized carbons (Fsp3) is 0.273. The number of morpholine rings is 1. The van der Waals surface area contributed by atoms with Gasteiger partial charge in [0.1, 0.15) is 11.6 Å². The summed E-state index contributed by atoms with van der Waals surface area (Å²) in [4.78, 5) is 20.4. The van der Waals surface area contributed by atoms with Gasteiger partial charge in [0.25, 0.3) is 0 Å². The van der Waals surface area contributed by atoms with Crippen LogP contribution in [0.15, 0.2) is 64.2 Å². The monoisotopic (exact) mass is 417 g/mol. The molecule has 31 heavy (non-hydrogen) atoms. The maximum absolute atomic E-state index is 5.47.